The molecule has 1 aliphatic heterocycles. The summed E-state index contributed by atoms with van der Waals surface area (Å²) in [6.45, 7) is 4.41. The average molecular weight is 281 g/mol. The second-order valence-corrected chi connectivity index (χ2v) is 5.38. The van der Waals surface area contributed by atoms with Crippen molar-refractivity contribution in [2.24, 2.45) is 0 Å². The van der Waals surface area contributed by atoms with Gasteiger partial charge >= 0.3 is 6.03 Å². The first-order valence-electron chi connectivity index (χ1n) is 7.13. The van der Waals surface area contributed by atoms with Gasteiger partial charge < -0.3 is 16.0 Å². The lowest BCUT2D eigenvalue weighted by atomic mass is 10.1. The minimum Gasteiger partial charge on any atom is -0.334 e. The minimum absolute atomic E-state index is 0.183. The summed E-state index contributed by atoms with van der Waals surface area (Å²) in [5.74, 6) is 0. The number of fused-ring (bicyclic) bond motifs is 1. The Hall–Kier alpha value is -2.33. The highest BCUT2D eigenvalue weighted by molar-refractivity contribution is 5.89. The maximum atomic E-state index is 11.9. The Morgan fingerprint density at radius 1 is 1.10 bits per heavy atom. The van der Waals surface area contributed by atoms with Crippen molar-refractivity contribution in [1.29, 1.82) is 0 Å². The maximum absolute atomic E-state index is 11.9. The van der Waals surface area contributed by atoms with Gasteiger partial charge in [-0.2, -0.15) is 0 Å². The van der Waals surface area contributed by atoms with Crippen molar-refractivity contribution in [3.05, 3.63) is 64.7 Å². The van der Waals surface area contributed by atoms with E-state index in [9.17, 15) is 4.79 Å². The SMILES string of the molecule is Cc1ccc(NC(=O)NCc2ccc3c(c2)CNC3)cc1. The Bertz CT molecular complexity index is 650. The molecule has 3 N–H and O–H groups in total. The molecule has 0 aliphatic carbocycles. The fourth-order valence-corrected chi connectivity index (χ4v) is 2.45. The molecule has 21 heavy (non-hydrogen) atoms. The number of carbonyl (C=O) groups excluding carboxylic acids is 1. The van der Waals surface area contributed by atoms with Gasteiger partial charge in [-0.25, -0.2) is 4.79 Å². The van der Waals surface area contributed by atoms with Gasteiger partial charge in [-0.05, 0) is 35.7 Å². The summed E-state index contributed by atoms with van der Waals surface area (Å²) < 4.78 is 0. The van der Waals surface area contributed by atoms with Crippen LogP contribution < -0.4 is 16.0 Å². The molecule has 2 amide bonds. The van der Waals surface area contributed by atoms with Crippen molar-refractivity contribution in [2.75, 3.05) is 5.32 Å². The molecule has 1 aliphatic rings. The highest BCUT2D eigenvalue weighted by atomic mass is 16.2. The second-order valence-electron chi connectivity index (χ2n) is 5.38. The van der Waals surface area contributed by atoms with Crippen molar-refractivity contribution < 1.29 is 4.79 Å². The molecule has 0 saturated heterocycles. The molecule has 4 heteroatoms. The van der Waals surface area contributed by atoms with Crippen LogP contribution in [0.15, 0.2) is 42.5 Å². The largest absolute Gasteiger partial charge is 0.334 e. The van der Waals surface area contributed by atoms with Crippen molar-refractivity contribution in [3.8, 4) is 0 Å². The van der Waals surface area contributed by atoms with Crippen LogP contribution in [-0.4, -0.2) is 6.03 Å². The molecule has 2 aromatic rings. The number of nitrogens with one attached hydrogen (secondary N) is 3. The molecular weight excluding hydrogens is 262 g/mol. The molecule has 0 atom stereocenters. The molecule has 0 fully saturated rings. The number of hydrogen-bond donors (Lipinski definition) is 3. The van der Waals surface area contributed by atoms with E-state index in [2.05, 4.69) is 34.1 Å². The molecule has 1 heterocycles. The van der Waals surface area contributed by atoms with Crippen molar-refractivity contribution >= 4 is 11.7 Å². The molecule has 0 radical (unpaired) electrons. The molecule has 3 rings (SSSR count). The number of amides is 2. The van der Waals surface area contributed by atoms with Crippen LogP contribution in [0.4, 0.5) is 10.5 Å². The average Bonchev–Trinajstić information content (AvgIpc) is 2.95. The molecule has 0 saturated carbocycles. The van der Waals surface area contributed by atoms with Gasteiger partial charge in [-0.15, -0.1) is 0 Å². The minimum atomic E-state index is -0.183. The summed E-state index contributed by atoms with van der Waals surface area (Å²) in [6.07, 6.45) is 0. The summed E-state index contributed by atoms with van der Waals surface area (Å²) >= 11 is 0. The Balaban J connectivity index is 1.55. The van der Waals surface area contributed by atoms with E-state index in [0.29, 0.717) is 6.54 Å². The standard InChI is InChI=1S/C17H19N3O/c1-12-2-6-16(7-3-12)20-17(21)19-9-13-4-5-14-10-18-11-15(14)8-13/h2-8,18H,9-11H2,1H3,(H2,19,20,21). The predicted octanol–water partition coefficient (Wildman–Crippen LogP) is 2.92. The van der Waals surface area contributed by atoms with Crippen molar-refractivity contribution in [1.82, 2.24) is 10.6 Å². The number of rotatable bonds is 3. The number of carbonyl (C=O) groups is 1. The highest BCUT2D eigenvalue weighted by Crippen LogP contribution is 2.17. The molecule has 2 aromatic carbocycles. The van der Waals surface area contributed by atoms with Crippen LogP contribution in [0, 0.1) is 6.92 Å². The fraction of sp³-hybridized carbons (Fsp3) is 0.235. The van der Waals surface area contributed by atoms with Gasteiger partial charge in [0, 0.05) is 25.3 Å². The van der Waals surface area contributed by atoms with Crippen molar-refractivity contribution in [3.63, 3.8) is 0 Å². The second kappa shape index (κ2) is 5.97. The molecule has 0 bridgehead atoms. The zero-order chi connectivity index (χ0) is 14.7. The van der Waals surface area contributed by atoms with E-state index in [1.54, 1.807) is 0 Å². The quantitative estimate of drug-likeness (QED) is 0.810. The smallest absolute Gasteiger partial charge is 0.319 e. The van der Waals surface area contributed by atoms with E-state index in [1.165, 1.54) is 16.7 Å². The van der Waals surface area contributed by atoms with Crippen LogP contribution in [0.1, 0.15) is 22.3 Å². The summed E-state index contributed by atoms with van der Waals surface area (Å²) in [4.78, 5) is 11.9. The van der Waals surface area contributed by atoms with Crippen LogP contribution in [0.3, 0.4) is 0 Å². The van der Waals surface area contributed by atoms with Gasteiger partial charge in [-0.3, -0.25) is 0 Å². The third-order valence-corrected chi connectivity index (χ3v) is 3.66. The van der Waals surface area contributed by atoms with Gasteiger partial charge in [-0.1, -0.05) is 35.9 Å². The van der Waals surface area contributed by atoms with E-state index in [0.717, 1.165) is 24.3 Å². The monoisotopic (exact) mass is 281 g/mol. The summed E-state index contributed by atoms with van der Waals surface area (Å²) in [5, 5.41) is 9.03. The van der Waals surface area contributed by atoms with Crippen LogP contribution in [0.5, 0.6) is 0 Å². The summed E-state index contributed by atoms with van der Waals surface area (Å²) in [6, 6.07) is 13.9. The van der Waals surface area contributed by atoms with E-state index >= 15 is 0 Å². The van der Waals surface area contributed by atoms with Crippen LogP contribution in [0.2, 0.25) is 0 Å². The predicted molar refractivity (Wildman–Crippen MR) is 84.0 cm³/mol. The molecule has 0 spiro atoms. The van der Waals surface area contributed by atoms with E-state index in [1.807, 2.05) is 31.2 Å². The van der Waals surface area contributed by atoms with Gasteiger partial charge in [0.25, 0.3) is 0 Å². The zero-order valence-electron chi connectivity index (χ0n) is 12.1. The first-order chi connectivity index (χ1) is 10.2. The maximum Gasteiger partial charge on any atom is 0.319 e. The highest BCUT2D eigenvalue weighted by Gasteiger charge is 2.10. The summed E-state index contributed by atoms with van der Waals surface area (Å²) in [7, 11) is 0. The zero-order valence-corrected chi connectivity index (χ0v) is 12.1. The van der Waals surface area contributed by atoms with Gasteiger partial charge in [0.15, 0.2) is 0 Å². The van der Waals surface area contributed by atoms with E-state index in [4.69, 9.17) is 0 Å². The van der Waals surface area contributed by atoms with E-state index < -0.39 is 0 Å². The number of urea groups is 1. The lowest BCUT2D eigenvalue weighted by molar-refractivity contribution is 0.251. The van der Waals surface area contributed by atoms with Gasteiger partial charge in [0.1, 0.15) is 0 Å². The molecule has 0 aromatic heterocycles. The van der Waals surface area contributed by atoms with Crippen LogP contribution in [0.25, 0.3) is 0 Å². The molecule has 4 nitrogen and oxygen atoms in total. The third-order valence-electron chi connectivity index (χ3n) is 3.66. The van der Waals surface area contributed by atoms with Gasteiger partial charge in [0.2, 0.25) is 0 Å². The lowest BCUT2D eigenvalue weighted by Gasteiger charge is -2.09. The Labute approximate surface area is 124 Å². The normalized spacial score (nSPS) is 12.8. The number of hydrogen-bond acceptors (Lipinski definition) is 2. The first-order valence-corrected chi connectivity index (χ1v) is 7.13. The Morgan fingerprint density at radius 3 is 2.67 bits per heavy atom. The third kappa shape index (κ3) is 3.41. The lowest BCUT2D eigenvalue weighted by Crippen LogP contribution is -2.28. The first kappa shape index (κ1) is 13.6. The number of aryl methyl sites for hydroxylation is 1. The number of anilines is 1. The van der Waals surface area contributed by atoms with E-state index in [-0.39, 0.29) is 6.03 Å². The molecule has 108 valence electrons. The Kier molecular flexibility index (Phi) is 3.88. The topological polar surface area (TPSA) is 53.2 Å². The van der Waals surface area contributed by atoms with Crippen LogP contribution >= 0.6 is 0 Å². The van der Waals surface area contributed by atoms with Gasteiger partial charge in [0.05, 0.1) is 0 Å². The molecular formula is C17H19N3O. The van der Waals surface area contributed by atoms with Crippen molar-refractivity contribution in [2.45, 2.75) is 26.6 Å². The Morgan fingerprint density at radius 2 is 1.86 bits per heavy atom. The summed E-state index contributed by atoms with van der Waals surface area (Å²) in [5.41, 5.74) is 5.77. The fourth-order valence-electron chi connectivity index (χ4n) is 2.45. The molecule has 0 unspecified atom stereocenters. The van der Waals surface area contributed by atoms with Crippen LogP contribution in [-0.2, 0) is 19.6 Å². The number of benzene rings is 2.